The number of hydrogen-bond donors (Lipinski definition) is 2. The lowest BCUT2D eigenvalue weighted by molar-refractivity contribution is 0.0959. The molecular formula is C15H16N4O. The fourth-order valence-corrected chi connectivity index (χ4v) is 2.68. The number of carbonyl (C=O) groups is 1. The third kappa shape index (κ3) is 1.63. The van der Waals surface area contributed by atoms with Crippen molar-refractivity contribution < 1.29 is 4.79 Å². The van der Waals surface area contributed by atoms with E-state index in [-0.39, 0.29) is 5.91 Å². The maximum Gasteiger partial charge on any atom is 0.271 e. The van der Waals surface area contributed by atoms with Gasteiger partial charge in [0.1, 0.15) is 0 Å². The monoisotopic (exact) mass is 268 g/mol. The van der Waals surface area contributed by atoms with Gasteiger partial charge in [-0.3, -0.25) is 4.79 Å². The van der Waals surface area contributed by atoms with Gasteiger partial charge >= 0.3 is 0 Å². The molecule has 5 nitrogen and oxygen atoms in total. The van der Waals surface area contributed by atoms with Crippen LogP contribution < -0.4 is 11.1 Å². The zero-order chi connectivity index (χ0) is 14.3. The summed E-state index contributed by atoms with van der Waals surface area (Å²) >= 11 is 0. The van der Waals surface area contributed by atoms with Crippen LogP contribution in [0.5, 0.6) is 0 Å². The molecule has 1 amide bonds. The number of aryl methyl sites for hydroxylation is 1. The van der Waals surface area contributed by atoms with Crippen LogP contribution in [0.1, 0.15) is 17.4 Å². The Morgan fingerprint density at radius 3 is 2.85 bits per heavy atom. The molecule has 2 aromatic heterocycles. The normalized spacial score (nSPS) is 11.1. The largest absolute Gasteiger partial charge is 0.399 e. The molecule has 0 saturated carbocycles. The number of rotatable bonds is 2. The molecule has 0 aliphatic heterocycles. The number of anilines is 1. The van der Waals surface area contributed by atoms with E-state index in [9.17, 15) is 4.79 Å². The second kappa shape index (κ2) is 4.52. The molecule has 102 valence electrons. The molecule has 2 heterocycles. The van der Waals surface area contributed by atoms with Crippen LogP contribution in [-0.4, -0.2) is 22.5 Å². The van der Waals surface area contributed by atoms with Gasteiger partial charge in [0.15, 0.2) is 5.69 Å². The number of nitrogens with one attached hydrogen (secondary N) is 1. The summed E-state index contributed by atoms with van der Waals surface area (Å²) in [4.78, 5) is 16.3. The van der Waals surface area contributed by atoms with Gasteiger partial charge in [-0.2, -0.15) is 0 Å². The van der Waals surface area contributed by atoms with Crippen molar-refractivity contribution in [2.24, 2.45) is 0 Å². The second-order valence-corrected chi connectivity index (χ2v) is 4.66. The van der Waals surface area contributed by atoms with Gasteiger partial charge in [-0.05, 0) is 31.2 Å². The van der Waals surface area contributed by atoms with Crippen molar-refractivity contribution in [3.05, 3.63) is 36.2 Å². The van der Waals surface area contributed by atoms with Crippen molar-refractivity contribution in [1.82, 2.24) is 14.9 Å². The maximum atomic E-state index is 12.0. The number of carbonyl (C=O) groups excluding carboxylic acids is 1. The average Bonchev–Trinajstić information content (AvgIpc) is 2.79. The van der Waals surface area contributed by atoms with Crippen LogP contribution in [0.4, 0.5) is 5.69 Å². The SMILES string of the molecule is CCn1c2ccc(N)cc2c2ccnc(C(=O)NC)c21. The summed E-state index contributed by atoms with van der Waals surface area (Å²) in [5, 5.41) is 4.69. The summed E-state index contributed by atoms with van der Waals surface area (Å²) in [6, 6.07) is 7.73. The van der Waals surface area contributed by atoms with Crippen LogP contribution >= 0.6 is 0 Å². The van der Waals surface area contributed by atoms with Gasteiger partial charge in [-0.15, -0.1) is 0 Å². The van der Waals surface area contributed by atoms with Crippen molar-refractivity contribution >= 4 is 33.4 Å². The molecule has 0 fully saturated rings. The fourth-order valence-electron chi connectivity index (χ4n) is 2.68. The Bertz CT molecular complexity index is 819. The van der Waals surface area contributed by atoms with E-state index in [1.54, 1.807) is 13.2 Å². The predicted octanol–water partition coefficient (Wildman–Crippen LogP) is 2.15. The first kappa shape index (κ1) is 12.5. The van der Waals surface area contributed by atoms with Gasteiger partial charge in [0.05, 0.1) is 5.52 Å². The van der Waals surface area contributed by atoms with Crippen molar-refractivity contribution in [1.29, 1.82) is 0 Å². The fraction of sp³-hybridized carbons (Fsp3) is 0.200. The van der Waals surface area contributed by atoms with Crippen LogP contribution in [0.25, 0.3) is 21.8 Å². The number of amides is 1. The van der Waals surface area contributed by atoms with E-state index in [1.807, 2.05) is 24.3 Å². The standard InChI is InChI=1S/C15H16N4O/c1-3-19-12-5-4-9(16)8-11(12)10-6-7-18-13(14(10)19)15(20)17-2/h4-8H,3,16H2,1-2H3,(H,17,20). The molecule has 20 heavy (non-hydrogen) atoms. The zero-order valence-corrected chi connectivity index (χ0v) is 11.5. The Kier molecular flexibility index (Phi) is 2.82. The van der Waals surface area contributed by atoms with E-state index in [4.69, 9.17) is 5.73 Å². The van der Waals surface area contributed by atoms with Gasteiger partial charge in [-0.25, -0.2) is 4.98 Å². The Hall–Kier alpha value is -2.56. The minimum Gasteiger partial charge on any atom is -0.399 e. The van der Waals surface area contributed by atoms with Crippen molar-refractivity contribution in [3.63, 3.8) is 0 Å². The molecule has 3 aromatic rings. The van der Waals surface area contributed by atoms with Gasteiger partial charge in [0, 0.05) is 41.8 Å². The number of benzene rings is 1. The highest BCUT2D eigenvalue weighted by molar-refractivity contribution is 6.15. The number of nitrogen functional groups attached to an aromatic ring is 1. The van der Waals surface area contributed by atoms with Crippen LogP contribution in [0, 0.1) is 0 Å². The van der Waals surface area contributed by atoms with E-state index in [2.05, 4.69) is 21.8 Å². The molecule has 0 unspecified atom stereocenters. The quantitative estimate of drug-likeness (QED) is 0.699. The Morgan fingerprint density at radius 2 is 2.15 bits per heavy atom. The number of nitrogens with zero attached hydrogens (tertiary/aromatic N) is 2. The first-order valence-corrected chi connectivity index (χ1v) is 6.56. The minimum atomic E-state index is -0.180. The Labute approximate surface area is 116 Å². The molecule has 0 saturated heterocycles. The number of nitrogens with two attached hydrogens (primary N) is 1. The first-order valence-electron chi connectivity index (χ1n) is 6.56. The summed E-state index contributed by atoms with van der Waals surface area (Å²) in [6.07, 6.45) is 1.66. The Morgan fingerprint density at radius 1 is 1.35 bits per heavy atom. The third-order valence-electron chi connectivity index (χ3n) is 3.55. The number of aromatic nitrogens is 2. The number of pyridine rings is 1. The highest BCUT2D eigenvalue weighted by Gasteiger charge is 2.17. The highest BCUT2D eigenvalue weighted by Crippen LogP contribution is 2.31. The topological polar surface area (TPSA) is 72.9 Å². The molecule has 0 radical (unpaired) electrons. The van der Waals surface area contributed by atoms with E-state index < -0.39 is 0 Å². The third-order valence-corrected chi connectivity index (χ3v) is 3.55. The lowest BCUT2D eigenvalue weighted by Crippen LogP contribution is -2.20. The summed E-state index contributed by atoms with van der Waals surface area (Å²) in [7, 11) is 1.61. The van der Waals surface area contributed by atoms with Crippen LogP contribution in [0.15, 0.2) is 30.5 Å². The molecule has 0 aliphatic rings. The molecule has 0 atom stereocenters. The molecule has 0 spiro atoms. The van der Waals surface area contributed by atoms with Crippen LogP contribution in [0.2, 0.25) is 0 Å². The van der Waals surface area contributed by atoms with Crippen molar-refractivity contribution in [2.75, 3.05) is 12.8 Å². The lowest BCUT2D eigenvalue weighted by atomic mass is 10.1. The van der Waals surface area contributed by atoms with E-state index >= 15 is 0 Å². The molecule has 0 aliphatic carbocycles. The van der Waals surface area contributed by atoms with Crippen molar-refractivity contribution in [2.45, 2.75) is 13.5 Å². The average molecular weight is 268 g/mol. The summed E-state index contributed by atoms with van der Waals surface area (Å²) in [5.41, 5.74) is 8.97. The second-order valence-electron chi connectivity index (χ2n) is 4.66. The molecule has 0 bridgehead atoms. The summed E-state index contributed by atoms with van der Waals surface area (Å²) < 4.78 is 2.10. The van der Waals surface area contributed by atoms with Gasteiger partial charge < -0.3 is 15.6 Å². The first-order chi connectivity index (χ1) is 9.67. The van der Waals surface area contributed by atoms with E-state index in [0.29, 0.717) is 11.4 Å². The van der Waals surface area contributed by atoms with Crippen LogP contribution in [0.3, 0.4) is 0 Å². The van der Waals surface area contributed by atoms with Gasteiger partial charge in [0.2, 0.25) is 0 Å². The van der Waals surface area contributed by atoms with E-state index in [1.165, 1.54) is 0 Å². The van der Waals surface area contributed by atoms with E-state index in [0.717, 1.165) is 28.4 Å². The number of fused-ring (bicyclic) bond motifs is 3. The summed E-state index contributed by atoms with van der Waals surface area (Å²) in [6.45, 7) is 2.81. The molecular weight excluding hydrogens is 252 g/mol. The van der Waals surface area contributed by atoms with Gasteiger partial charge in [0.25, 0.3) is 5.91 Å². The van der Waals surface area contributed by atoms with Crippen LogP contribution in [-0.2, 0) is 6.54 Å². The predicted molar refractivity (Wildman–Crippen MR) is 80.7 cm³/mol. The number of hydrogen-bond acceptors (Lipinski definition) is 3. The highest BCUT2D eigenvalue weighted by atomic mass is 16.1. The minimum absolute atomic E-state index is 0.180. The molecule has 3 rings (SSSR count). The molecule has 3 N–H and O–H groups in total. The zero-order valence-electron chi connectivity index (χ0n) is 11.5. The smallest absolute Gasteiger partial charge is 0.271 e. The lowest BCUT2D eigenvalue weighted by Gasteiger charge is -2.06. The van der Waals surface area contributed by atoms with Crippen molar-refractivity contribution in [3.8, 4) is 0 Å². The summed E-state index contributed by atoms with van der Waals surface area (Å²) in [5.74, 6) is -0.180. The Balaban J connectivity index is 2.52. The molecule has 1 aromatic carbocycles. The molecule has 5 heteroatoms. The van der Waals surface area contributed by atoms with Gasteiger partial charge in [-0.1, -0.05) is 0 Å². The maximum absolute atomic E-state index is 12.0.